The molecule has 0 aliphatic carbocycles. The summed E-state index contributed by atoms with van der Waals surface area (Å²) >= 11 is 0. The van der Waals surface area contributed by atoms with Crippen molar-refractivity contribution in [1.82, 2.24) is 18.7 Å². The van der Waals surface area contributed by atoms with Gasteiger partial charge in [0.15, 0.2) is 11.2 Å². The molecule has 0 saturated heterocycles. The molecule has 1 aromatic carbocycles. The van der Waals surface area contributed by atoms with Gasteiger partial charge in [-0.1, -0.05) is 0 Å². The molecule has 0 atom stereocenters. The number of ether oxygens (including phenoxy) is 1. The van der Waals surface area contributed by atoms with Crippen LogP contribution in [0.25, 0.3) is 11.2 Å². The summed E-state index contributed by atoms with van der Waals surface area (Å²) < 4.78 is 8.61. The number of rotatable bonds is 5. The van der Waals surface area contributed by atoms with Gasteiger partial charge in [0.2, 0.25) is 0 Å². The molecule has 0 aliphatic rings. The van der Waals surface area contributed by atoms with E-state index in [1.807, 2.05) is 0 Å². The molecule has 0 amide bonds. The standard InChI is InChI=1S/C16H15N5O6/c1-18-14-13(15(23)19(2)16(18)24)20(9-17-14)7-12(22)27-8-10-3-5-11(6-4-10)21(25)26/h3-6,9H,7-8H2,1-2H3. The summed E-state index contributed by atoms with van der Waals surface area (Å²) in [6.45, 7) is -0.336. The number of carbonyl (C=O) groups excluding carboxylic acids is 1. The van der Waals surface area contributed by atoms with E-state index in [9.17, 15) is 24.5 Å². The minimum absolute atomic E-state index is 0.0589. The Labute approximate surface area is 151 Å². The van der Waals surface area contributed by atoms with Crippen LogP contribution in [0.15, 0.2) is 40.2 Å². The summed E-state index contributed by atoms with van der Waals surface area (Å²) in [4.78, 5) is 50.4. The van der Waals surface area contributed by atoms with Crippen molar-refractivity contribution in [3.63, 3.8) is 0 Å². The molecule has 3 rings (SSSR count). The number of aromatic nitrogens is 4. The fourth-order valence-electron chi connectivity index (χ4n) is 2.58. The van der Waals surface area contributed by atoms with Crippen molar-refractivity contribution >= 4 is 22.8 Å². The SMILES string of the molecule is Cn1c(=O)c2c(ncn2CC(=O)OCc2ccc([N+](=O)[O-])cc2)n(C)c1=O. The van der Waals surface area contributed by atoms with Gasteiger partial charge in [-0.15, -0.1) is 0 Å². The van der Waals surface area contributed by atoms with Crippen LogP contribution >= 0.6 is 0 Å². The van der Waals surface area contributed by atoms with Crippen LogP contribution in [0.5, 0.6) is 0 Å². The molecule has 0 unspecified atom stereocenters. The summed E-state index contributed by atoms with van der Waals surface area (Å²) in [6, 6.07) is 5.61. The molecule has 0 radical (unpaired) electrons. The summed E-state index contributed by atoms with van der Waals surface area (Å²) in [7, 11) is 2.82. The van der Waals surface area contributed by atoms with Crippen molar-refractivity contribution in [3.8, 4) is 0 Å². The summed E-state index contributed by atoms with van der Waals surface area (Å²) in [5, 5.41) is 10.6. The third-order valence-electron chi connectivity index (χ3n) is 4.06. The smallest absolute Gasteiger partial charge is 0.332 e. The van der Waals surface area contributed by atoms with Crippen molar-refractivity contribution in [3.05, 3.63) is 67.1 Å². The van der Waals surface area contributed by atoms with Gasteiger partial charge in [-0.25, -0.2) is 9.78 Å². The van der Waals surface area contributed by atoms with Crippen LogP contribution in [0.1, 0.15) is 5.56 Å². The third-order valence-corrected chi connectivity index (χ3v) is 4.06. The highest BCUT2D eigenvalue weighted by Crippen LogP contribution is 2.13. The first-order valence-electron chi connectivity index (χ1n) is 7.79. The van der Waals surface area contributed by atoms with Crippen LogP contribution in [0.4, 0.5) is 5.69 Å². The van der Waals surface area contributed by atoms with Crippen LogP contribution in [0.3, 0.4) is 0 Å². The first-order chi connectivity index (χ1) is 12.8. The average molecular weight is 373 g/mol. The lowest BCUT2D eigenvalue weighted by Gasteiger charge is -2.07. The zero-order valence-corrected chi connectivity index (χ0v) is 14.5. The van der Waals surface area contributed by atoms with Crippen LogP contribution in [-0.2, 0) is 36.8 Å². The molecule has 11 nitrogen and oxygen atoms in total. The number of nitro groups is 1. The topological polar surface area (TPSA) is 131 Å². The second kappa shape index (κ2) is 6.86. The van der Waals surface area contributed by atoms with Crippen molar-refractivity contribution < 1.29 is 14.5 Å². The maximum Gasteiger partial charge on any atom is 0.332 e. The average Bonchev–Trinajstić information content (AvgIpc) is 3.07. The highest BCUT2D eigenvalue weighted by Gasteiger charge is 2.16. The maximum absolute atomic E-state index is 12.3. The molecule has 0 fully saturated rings. The Morgan fingerprint density at radius 2 is 1.85 bits per heavy atom. The Morgan fingerprint density at radius 3 is 2.48 bits per heavy atom. The van der Waals surface area contributed by atoms with Gasteiger partial charge in [0.1, 0.15) is 13.2 Å². The highest BCUT2D eigenvalue weighted by atomic mass is 16.6. The Hall–Kier alpha value is -3.76. The molecule has 2 aromatic heterocycles. The number of esters is 1. The Bertz CT molecular complexity index is 1150. The van der Waals surface area contributed by atoms with Gasteiger partial charge in [-0.3, -0.25) is 28.8 Å². The van der Waals surface area contributed by atoms with E-state index in [1.165, 1.54) is 53.8 Å². The molecule has 0 saturated carbocycles. The molecule has 0 N–H and O–H groups in total. The number of nitro benzene ring substituents is 1. The first kappa shape index (κ1) is 18.0. The number of non-ortho nitro benzene ring substituents is 1. The Kier molecular flexibility index (Phi) is 4.59. The van der Waals surface area contributed by atoms with Gasteiger partial charge in [0, 0.05) is 26.2 Å². The van der Waals surface area contributed by atoms with E-state index in [0.717, 1.165) is 4.57 Å². The second-order valence-corrected chi connectivity index (χ2v) is 5.83. The van der Waals surface area contributed by atoms with Gasteiger partial charge >= 0.3 is 11.7 Å². The quantitative estimate of drug-likeness (QED) is 0.352. The molecule has 0 spiro atoms. The highest BCUT2D eigenvalue weighted by molar-refractivity contribution is 5.75. The lowest BCUT2D eigenvalue weighted by atomic mass is 10.2. The third kappa shape index (κ3) is 3.34. The van der Waals surface area contributed by atoms with Crippen LogP contribution in [0, 0.1) is 10.1 Å². The lowest BCUT2D eigenvalue weighted by Crippen LogP contribution is -2.37. The van der Waals surface area contributed by atoms with E-state index in [2.05, 4.69) is 4.98 Å². The van der Waals surface area contributed by atoms with Gasteiger partial charge in [-0.05, 0) is 17.7 Å². The predicted molar refractivity (Wildman–Crippen MR) is 93.1 cm³/mol. The first-order valence-corrected chi connectivity index (χ1v) is 7.79. The minimum atomic E-state index is -0.622. The number of benzene rings is 1. The molecular weight excluding hydrogens is 358 g/mol. The second-order valence-electron chi connectivity index (χ2n) is 5.83. The molecule has 0 aliphatic heterocycles. The van der Waals surface area contributed by atoms with Crippen LogP contribution in [-0.4, -0.2) is 29.6 Å². The van der Waals surface area contributed by atoms with E-state index in [4.69, 9.17) is 4.74 Å². The fraction of sp³-hybridized carbons (Fsp3) is 0.250. The van der Waals surface area contributed by atoms with E-state index < -0.39 is 22.1 Å². The number of carbonyl (C=O) groups is 1. The van der Waals surface area contributed by atoms with Crippen molar-refractivity contribution in [2.45, 2.75) is 13.2 Å². The Balaban J connectivity index is 1.76. The molecule has 2 heterocycles. The van der Waals surface area contributed by atoms with Crippen molar-refractivity contribution in [1.29, 1.82) is 0 Å². The van der Waals surface area contributed by atoms with E-state index >= 15 is 0 Å². The number of fused-ring (bicyclic) bond motifs is 1. The van der Waals surface area contributed by atoms with Gasteiger partial charge in [0.05, 0.1) is 11.3 Å². The summed E-state index contributed by atoms with van der Waals surface area (Å²) in [5.41, 5.74) is -0.260. The number of hydrogen-bond donors (Lipinski definition) is 0. The summed E-state index contributed by atoms with van der Waals surface area (Å²) in [5.74, 6) is -0.622. The van der Waals surface area contributed by atoms with Crippen LogP contribution < -0.4 is 11.2 Å². The number of nitrogens with zero attached hydrogens (tertiary/aromatic N) is 5. The van der Waals surface area contributed by atoms with Crippen LogP contribution in [0.2, 0.25) is 0 Å². The number of hydrogen-bond acceptors (Lipinski definition) is 7. The Morgan fingerprint density at radius 1 is 1.19 bits per heavy atom. The van der Waals surface area contributed by atoms with E-state index in [-0.39, 0.29) is 30.0 Å². The van der Waals surface area contributed by atoms with E-state index in [1.54, 1.807) is 0 Å². The van der Waals surface area contributed by atoms with Gasteiger partial charge < -0.3 is 9.30 Å². The number of imidazole rings is 1. The predicted octanol–water partition coefficient (Wildman–Crippen LogP) is 0.0853. The van der Waals surface area contributed by atoms with Crippen molar-refractivity contribution in [2.75, 3.05) is 0 Å². The molecule has 11 heteroatoms. The van der Waals surface area contributed by atoms with E-state index in [0.29, 0.717) is 5.56 Å². The molecule has 140 valence electrons. The largest absolute Gasteiger partial charge is 0.459 e. The number of aryl methyl sites for hydroxylation is 1. The molecule has 3 aromatic rings. The maximum atomic E-state index is 12.3. The lowest BCUT2D eigenvalue weighted by molar-refractivity contribution is -0.384. The zero-order valence-electron chi connectivity index (χ0n) is 14.5. The van der Waals surface area contributed by atoms with Crippen molar-refractivity contribution in [2.24, 2.45) is 14.1 Å². The fourth-order valence-corrected chi connectivity index (χ4v) is 2.58. The molecule has 0 bridgehead atoms. The normalized spacial score (nSPS) is 10.9. The zero-order chi connectivity index (χ0) is 19.7. The molecule has 27 heavy (non-hydrogen) atoms. The van der Waals surface area contributed by atoms with Gasteiger partial charge in [0.25, 0.3) is 11.2 Å². The minimum Gasteiger partial charge on any atom is -0.459 e. The van der Waals surface area contributed by atoms with Gasteiger partial charge in [-0.2, -0.15) is 0 Å². The monoisotopic (exact) mass is 373 g/mol. The molecular formula is C16H15N5O6. The summed E-state index contributed by atoms with van der Waals surface area (Å²) in [6.07, 6.45) is 1.29.